The average Bonchev–Trinajstić information content (AvgIpc) is 3.36. The van der Waals surface area contributed by atoms with Crippen LogP contribution in [0.2, 0.25) is 0 Å². The van der Waals surface area contributed by atoms with Gasteiger partial charge in [0, 0.05) is 12.2 Å². The third kappa shape index (κ3) is 5.10. The lowest BCUT2D eigenvalue weighted by Gasteiger charge is -2.08. The number of nitrogens with zero attached hydrogens (tertiary/aromatic N) is 3. The monoisotopic (exact) mass is 428 g/mol. The number of carbonyl (C=O) groups is 2. The summed E-state index contributed by atoms with van der Waals surface area (Å²) in [6.07, 6.45) is 2.39. The molecule has 0 radical (unpaired) electrons. The molecular weight excluding hydrogens is 404 g/mol. The highest BCUT2D eigenvalue weighted by molar-refractivity contribution is 7.99. The highest BCUT2D eigenvalue weighted by Crippen LogP contribution is 2.27. The number of carbonyl (C=O) groups excluding carboxylic acids is 2. The molecule has 1 N–H and O–H groups in total. The number of aromatic nitrogens is 3. The fourth-order valence-corrected chi connectivity index (χ4v) is 3.59. The van der Waals surface area contributed by atoms with Crippen molar-refractivity contribution in [2.24, 2.45) is 0 Å². The van der Waals surface area contributed by atoms with E-state index in [1.54, 1.807) is 30.5 Å². The number of ether oxygens (including phenoxy) is 1. The molecular formula is C21H24N4O4S. The molecule has 30 heavy (non-hydrogen) atoms. The fraction of sp³-hybridized carbons (Fsp3) is 0.333. The van der Waals surface area contributed by atoms with E-state index in [-0.39, 0.29) is 17.6 Å². The smallest absolute Gasteiger partial charge is 0.338 e. The van der Waals surface area contributed by atoms with E-state index in [1.165, 1.54) is 11.8 Å². The molecule has 3 rings (SSSR count). The Kier molecular flexibility index (Phi) is 7.29. The van der Waals surface area contributed by atoms with Gasteiger partial charge in [0.25, 0.3) is 0 Å². The van der Waals surface area contributed by atoms with Crippen molar-refractivity contribution in [3.8, 4) is 11.4 Å². The zero-order valence-corrected chi connectivity index (χ0v) is 18.0. The molecule has 1 aromatic carbocycles. The Morgan fingerprint density at radius 3 is 2.57 bits per heavy atom. The quantitative estimate of drug-likeness (QED) is 0.403. The number of esters is 1. The van der Waals surface area contributed by atoms with Gasteiger partial charge >= 0.3 is 5.97 Å². The number of aryl methyl sites for hydroxylation is 1. The predicted molar refractivity (Wildman–Crippen MR) is 115 cm³/mol. The first-order chi connectivity index (χ1) is 14.5. The number of anilines is 1. The lowest BCUT2D eigenvalue weighted by Crippen LogP contribution is -2.15. The minimum absolute atomic E-state index is 0.173. The third-order valence-electron chi connectivity index (χ3n) is 4.31. The van der Waals surface area contributed by atoms with Gasteiger partial charge in [-0.05, 0) is 50.6 Å². The van der Waals surface area contributed by atoms with Gasteiger partial charge in [-0.25, -0.2) is 4.79 Å². The molecule has 0 saturated heterocycles. The molecule has 3 aromatic rings. The van der Waals surface area contributed by atoms with Crippen molar-refractivity contribution in [3.05, 3.63) is 47.9 Å². The Hall–Kier alpha value is -3.07. The third-order valence-corrected chi connectivity index (χ3v) is 5.27. The summed E-state index contributed by atoms with van der Waals surface area (Å²) in [5.74, 6) is 1.13. The second-order valence-electron chi connectivity index (χ2n) is 6.49. The van der Waals surface area contributed by atoms with Crippen molar-refractivity contribution >= 4 is 29.3 Å². The van der Waals surface area contributed by atoms with Gasteiger partial charge in [-0.2, -0.15) is 0 Å². The minimum Gasteiger partial charge on any atom is -0.469 e. The lowest BCUT2D eigenvalue weighted by atomic mass is 10.2. The zero-order chi connectivity index (χ0) is 21.5. The first-order valence-corrected chi connectivity index (χ1v) is 10.7. The Morgan fingerprint density at radius 2 is 1.93 bits per heavy atom. The number of hydrogen-bond acceptors (Lipinski definition) is 7. The second-order valence-corrected chi connectivity index (χ2v) is 7.43. The number of rotatable bonds is 9. The van der Waals surface area contributed by atoms with Crippen LogP contribution >= 0.6 is 11.8 Å². The van der Waals surface area contributed by atoms with E-state index in [4.69, 9.17) is 9.15 Å². The normalized spacial score (nSPS) is 10.8. The van der Waals surface area contributed by atoms with Gasteiger partial charge in [-0.15, -0.1) is 10.2 Å². The van der Waals surface area contributed by atoms with Crippen LogP contribution in [0.4, 0.5) is 5.69 Å². The first kappa shape index (κ1) is 21.6. The summed E-state index contributed by atoms with van der Waals surface area (Å²) in [5.41, 5.74) is 1.95. The van der Waals surface area contributed by atoms with Crippen LogP contribution in [-0.4, -0.2) is 39.0 Å². The van der Waals surface area contributed by atoms with E-state index in [2.05, 4.69) is 15.5 Å². The maximum atomic E-state index is 12.3. The summed E-state index contributed by atoms with van der Waals surface area (Å²) in [4.78, 5) is 24.2. The molecule has 158 valence electrons. The summed E-state index contributed by atoms with van der Waals surface area (Å²) < 4.78 is 12.4. The Bertz CT molecular complexity index is 1010. The van der Waals surface area contributed by atoms with E-state index in [0.717, 1.165) is 23.6 Å². The molecule has 0 atom stereocenters. The van der Waals surface area contributed by atoms with E-state index in [0.29, 0.717) is 29.6 Å². The molecule has 2 aromatic heterocycles. The van der Waals surface area contributed by atoms with Gasteiger partial charge in [-0.3, -0.25) is 4.79 Å². The van der Waals surface area contributed by atoms with Crippen LogP contribution in [0.1, 0.15) is 36.4 Å². The van der Waals surface area contributed by atoms with Crippen molar-refractivity contribution in [3.63, 3.8) is 0 Å². The molecule has 0 fully saturated rings. The molecule has 0 saturated carbocycles. The number of amides is 1. The van der Waals surface area contributed by atoms with Crippen molar-refractivity contribution in [1.29, 1.82) is 0 Å². The maximum Gasteiger partial charge on any atom is 0.338 e. The Balaban J connectivity index is 1.58. The standard InChI is InChI=1S/C21H24N4O4S/c1-4-11-29-20(27)15-6-8-16(9-7-15)22-18(26)13-30-21-24-23-19(25(21)5-2)17-10-12-28-14(17)3/h6-10,12H,4-5,11,13H2,1-3H3,(H,22,26). The number of benzene rings is 1. The summed E-state index contributed by atoms with van der Waals surface area (Å²) >= 11 is 1.31. The Labute approximate surface area is 179 Å². The fourth-order valence-electron chi connectivity index (χ4n) is 2.79. The summed E-state index contributed by atoms with van der Waals surface area (Å²) in [6.45, 7) is 6.87. The molecule has 0 bridgehead atoms. The highest BCUT2D eigenvalue weighted by Gasteiger charge is 2.17. The van der Waals surface area contributed by atoms with Gasteiger partial charge in [0.15, 0.2) is 11.0 Å². The average molecular weight is 429 g/mol. The summed E-state index contributed by atoms with van der Waals surface area (Å²) in [7, 11) is 0. The van der Waals surface area contributed by atoms with Crippen molar-refractivity contribution in [2.45, 2.75) is 38.9 Å². The lowest BCUT2D eigenvalue weighted by molar-refractivity contribution is -0.113. The van der Waals surface area contributed by atoms with Crippen molar-refractivity contribution in [1.82, 2.24) is 14.8 Å². The van der Waals surface area contributed by atoms with Crippen LogP contribution in [0.25, 0.3) is 11.4 Å². The van der Waals surface area contributed by atoms with Gasteiger partial charge in [0.05, 0.1) is 29.7 Å². The molecule has 2 heterocycles. The van der Waals surface area contributed by atoms with Gasteiger partial charge in [0.1, 0.15) is 5.76 Å². The summed E-state index contributed by atoms with van der Waals surface area (Å²) in [5, 5.41) is 12.0. The zero-order valence-electron chi connectivity index (χ0n) is 17.2. The molecule has 0 unspecified atom stereocenters. The molecule has 0 aliphatic carbocycles. The van der Waals surface area contributed by atoms with Crippen LogP contribution in [0, 0.1) is 6.92 Å². The van der Waals surface area contributed by atoms with Crippen molar-refractivity contribution < 1.29 is 18.7 Å². The highest BCUT2D eigenvalue weighted by atomic mass is 32.2. The van der Waals surface area contributed by atoms with Gasteiger partial charge < -0.3 is 19.0 Å². The van der Waals surface area contributed by atoms with Crippen LogP contribution < -0.4 is 5.32 Å². The summed E-state index contributed by atoms with van der Waals surface area (Å²) in [6, 6.07) is 8.48. The van der Waals surface area contributed by atoms with Crippen molar-refractivity contribution in [2.75, 3.05) is 17.7 Å². The SMILES string of the molecule is CCCOC(=O)c1ccc(NC(=O)CSc2nnc(-c3ccoc3C)n2CC)cc1. The van der Waals surface area contributed by atoms with E-state index in [9.17, 15) is 9.59 Å². The van der Waals surface area contributed by atoms with Crippen LogP contribution in [0.3, 0.4) is 0 Å². The number of hydrogen-bond donors (Lipinski definition) is 1. The van der Waals surface area contributed by atoms with Gasteiger partial charge in [0.2, 0.25) is 5.91 Å². The number of thioether (sulfide) groups is 1. The largest absolute Gasteiger partial charge is 0.469 e. The molecule has 0 aliphatic heterocycles. The molecule has 1 amide bonds. The van der Waals surface area contributed by atoms with E-state index >= 15 is 0 Å². The topological polar surface area (TPSA) is 99.2 Å². The van der Waals surface area contributed by atoms with Crippen LogP contribution in [-0.2, 0) is 16.1 Å². The second kappa shape index (κ2) is 10.1. The number of nitrogens with one attached hydrogen (secondary N) is 1. The number of furan rings is 1. The predicted octanol–water partition coefficient (Wildman–Crippen LogP) is 4.16. The Morgan fingerprint density at radius 1 is 1.17 bits per heavy atom. The van der Waals surface area contributed by atoms with E-state index in [1.807, 2.05) is 31.4 Å². The molecule has 0 aliphatic rings. The first-order valence-electron chi connectivity index (χ1n) is 9.71. The molecule has 0 spiro atoms. The van der Waals surface area contributed by atoms with Gasteiger partial charge in [-0.1, -0.05) is 18.7 Å². The maximum absolute atomic E-state index is 12.3. The van der Waals surface area contributed by atoms with Crippen LogP contribution in [0.15, 0.2) is 46.2 Å². The molecule has 8 nitrogen and oxygen atoms in total. The van der Waals surface area contributed by atoms with Crippen LogP contribution in [0.5, 0.6) is 0 Å². The molecule has 9 heteroatoms. The minimum atomic E-state index is -0.368. The van der Waals surface area contributed by atoms with E-state index < -0.39 is 0 Å².